The molecule has 7 atom stereocenters. The van der Waals surface area contributed by atoms with Crippen molar-refractivity contribution in [3.8, 4) is 0 Å². The number of oxime groups is 1. The van der Waals surface area contributed by atoms with Gasteiger partial charge in [-0.2, -0.15) is 0 Å². The molecular weight excluding hydrogens is 410 g/mol. The fraction of sp³-hybridized carbons (Fsp3) is 0.862. The van der Waals surface area contributed by atoms with Gasteiger partial charge in [0.25, 0.3) is 0 Å². The average Bonchev–Trinajstić information content (AvgIpc) is 3.10. The van der Waals surface area contributed by atoms with Gasteiger partial charge in [0.15, 0.2) is 0 Å². The van der Waals surface area contributed by atoms with Crippen LogP contribution in [0.15, 0.2) is 16.8 Å². The van der Waals surface area contributed by atoms with Crippen molar-refractivity contribution in [2.24, 2.45) is 51.5 Å². The van der Waals surface area contributed by atoms with Crippen molar-refractivity contribution in [1.29, 1.82) is 0 Å². The summed E-state index contributed by atoms with van der Waals surface area (Å²) in [5, 5.41) is 12.9. The molecule has 0 spiro atoms. The summed E-state index contributed by atoms with van der Waals surface area (Å²) < 4.78 is 0. The molecule has 4 rings (SSSR count). The summed E-state index contributed by atoms with van der Waals surface area (Å²) in [6, 6.07) is 0. The van der Waals surface area contributed by atoms with Crippen LogP contribution in [0.25, 0.3) is 0 Å². The molecule has 0 heterocycles. The first-order valence-corrected chi connectivity index (χ1v) is 13.8. The van der Waals surface area contributed by atoms with Gasteiger partial charge in [-0.15, -0.1) is 0 Å². The van der Waals surface area contributed by atoms with Crippen LogP contribution in [0, 0.1) is 46.3 Å². The maximum atomic E-state index is 10.7. The highest BCUT2D eigenvalue weighted by atomic mass is 16.6. The molecule has 0 aromatic rings. The van der Waals surface area contributed by atoms with Gasteiger partial charge in [-0.1, -0.05) is 64.6 Å². The van der Waals surface area contributed by atoms with Gasteiger partial charge < -0.3 is 9.94 Å². The van der Waals surface area contributed by atoms with Crippen molar-refractivity contribution in [3.63, 3.8) is 0 Å². The van der Waals surface area contributed by atoms with Crippen molar-refractivity contribution < 1.29 is 14.7 Å². The van der Waals surface area contributed by atoms with E-state index in [1.807, 2.05) is 0 Å². The van der Waals surface area contributed by atoms with E-state index in [0.29, 0.717) is 5.41 Å². The van der Waals surface area contributed by atoms with E-state index in [4.69, 9.17) is 9.94 Å². The second kappa shape index (κ2) is 9.74. The molecule has 4 aliphatic rings. The maximum absolute atomic E-state index is 10.7. The van der Waals surface area contributed by atoms with Crippen LogP contribution in [0.4, 0.5) is 0 Å². The first kappa shape index (κ1) is 24.8. The number of aliphatic carboxylic acids is 1. The lowest BCUT2D eigenvalue weighted by atomic mass is 9.46. The van der Waals surface area contributed by atoms with Gasteiger partial charge in [-0.25, -0.2) is 4.79 Å². The monoisotopic (exact) mass is 457 g/mol. The number of nitrogens with zero attached hydrogens (tertiary/aromatic N) is 1. The normalized spacial score (nSPS) is 40.1. The Bertz CT molecular complexity index is 786. The highest BCUT2D eigenvalue weighted by Crippen LogP contribution is 2.67. The van der Waals surface area contributed by atoms with Crippen molar-refractivity contribution >= 4 is 11.7 Å². The molecule has 4 aliphatic carbocycles. The molecule has 186 valence electrons. The van der Waals surface area contributed by atoms with Gasteiger partial charge >= 0.3 is 5.97 Å². The van der Waals surface area contributed by atoms with Crippen LogP contribution < -0.4 is 0 Å². The van der Waals surface area contributed by atoms with Crippen LogP contribution in [0.5, 0.6) is 0 Å². The lowest BCUT2D eigenvalue weighted by Crippen LogP contribution is -2.51. The third kappa shape index (κ3) is 4.78. The third-order valence-electron chi connectivity index (χ3n) is 10.5. The van der Waals surface area contributed by atoms with Crippen molar-refractivity contribution in [3.05, 3.63) is 11.6 Å². The fourth-order valence-electron chi connectivity index (χ4n) is 8.84. The number of carboxylic acid groups (broad SMARTS) is 1. The second-order valence-corrected chi connectivity index (χ2v) is 12.8. The maximum Gasteiger partial charge on any atom is 0.344 e. The molecule has 4 nitrogen and oxygen atoms in total. The Morgan fingerprint density at radius 2 is 1.88 bits per heavy atom. The number of hydrogen-bond acceptors (Lipinski definition) is 3. The highest BCUT2D eigenvalue weighted by Gasteiger charge is 2.59. The number of carbonyl (C=O) groups is 1. The molecule has 0 bridgehead atoms. The van der Waals surface area contributed by atoms with Gasteiger partial charge in [0.05, 0.1) is 5.71 Å². The van der Waals surface area contributed by atoms with Gasteiger partial charge in [0, 0.05) is 0 Å². The zero-order valence-electron chi connectivity index (χ0n) is 21.7. The molecule has 0 aromatic heterocycles. The van der Waals surface area contributed by atoms with Crippen LogP contribution >= 0.6 is 0 Å². The summed E-state index contributed by atoms with van der Waals surface area (Å²) in [5.74, 6) is 4.21. The van der Waals surface area contributed by atoms with Crippen molar-refractivity contribution in [2.45, 2.75) is 105 Å². The molecule has 33 heavy (non-hydrogen) atoms. The van der Waals surface area contributed by atoms with Crippen LogP contribution in [-0.2, 0) is 9.63 Å². The van der Waals surface area contributed by atoms with Crippen LogP contribution in [0.3, 0.4) is 0 Å². The minimum atomic E-state index is -0.970. The minimum Gasteiger partial charge on any atom is -0.479 e. The predicted molar refractivity (Wildman–Crippen MR) is 134 cm³/mol. The number of allylic oxidation sites excluding steroid dienone is 2. The van der Waals surface area contributed by atoms with Crippen molar-refractivity contribution in [2.75, 3.05) is 6.61 Å². The first-order valence-electron chi connectivity index (χ1n) is 13.8. The summed E-state index contributed by atoms with van der Waals surface area (Å²) in [6.07, 6.45) is 16.7. The van der Waals surface area contributed by atoms with Crippen molar-refractivity contribution in [1.82, 2.24) is 0 Å². The Balaban J connectivity index is 1.45. The summed E-state index contributed by atoms with van der Waals surface area (Å²) in [6.45, 7) is 12.1. The number of carboxylic acids is 1. The number of rotatable bonds is 8. The zero-order valence-corrected chi connectivity index (χ0v) is 21.7. The average molecular weight is 458 g/mol. The Morgan fingerprint density at radius 1 is 1.09 bits per heavy atom. The standard InChI is InChI=1S/C29H47NO3/c1-19(2)7-6-8-20(3)24-11-12-25-23-10-9-21-17-22(30-33-18-27(31)32)13-15-28(21,4)26(23)14-16-29(24,25)5/h17,19-20,23-26H,6-16,18H2,1-5H3,(H,31,32)/t20-,23+,24-,25+,26+,28+,29-/m1/s1. The molecular formula is C29H47NO3. The molecule has 1 N–H and O–H groups in total. The van der Waals surface area contributed by atoms with E-state index >= 15 is 0 Å². The Hall–Kier alpha value is -1.32. The van der Waals surface area contributed by atoms with Gasteiger partial charge in [-0.05, 0) is 104 Å². The van der Waals surface area contributed by atoms with E-state index in [9.17, 15) is 4.79 Å². The molecule has 0 amide bonds. The van der Waals surface area contributed by atoms with E-state index < -0.39 is 5.97 Å². The topological polar surface area (TPSA) is 58.9 Å². The zero-order chi connectivity index (χ0) is 23.8. The summed E-state index contributed by atoms with van der Waals surface area (Å²) in [7, 11) is 0. The Morgan fingerprint density at radius 3 is 2.61 bits per heavy atom. The van der Waals surface area contributed by atoms with E-state index in [2.05, 4.69) is 45.9 Å². The summed E-state index contributed by atoms with van der Waals surface area (Å²) in [4.78, 5) is 15.8. The smallest absolute Gasteiger partial charge is 0.344 e. The molecule has 3 saturated carbocycles. The van der Waals surface area contributed by atoms with Gasteiger partial charge in [-0.3, -0.25) is 0 Å². The minimum absolute atomic E-state index is 0.289. The van der Waals surface area contributed by atoms with E-state index in [0.717, 1.165) is 54.1 Å². The number of fused-ring (bicyclic) bond motifs is 5. The van der Waals surface area contributed by atoms with Crippen LogP contribution in [-0.4, -0.2) is 23.4 Å². The molecule has 0 radical (unpaired) electrons. The molecule has 3 fully saturated rings. The fourth-order valence-corrected chi connectivity index (χ4v) is 8.84. The third-order valence-corrected chi connectivity index (χ3v) is 10.5. The van der Waals surface area contributed by atoms with Gasteiger partial charge in [0.1, 0.15) is 0 Å². The molecule has 0 saturated heterocycles. The summed E-state index contributed by atoms with van der Waals surface area (Å²) >= 11 is 0. The predicted octanol–water partition coefficient (Wildman–Crippen LogP) is 7.49. The SMILES string of the molecule is CC(C)CCC[C@@H](C)[C@H]1CC[C@H]2[C@@H]3CCC4=CC(=NOCC(=O)O)CC[C@]4(C)[C@H]3CC[C@]12C. The van der Waals surface area contributed by atoms with Crippen LogP contribution in [0.2, 0.25) is 0 Å². The lowest BCUT2D eigenvalue weighted by molar-refractivity contribution is -0.142. The summed E-state index contributed by atoms with van der Waals surface area (Å²) in [5.41, 5.74) is 3.31. The Kier molecular flexibility index (Phi) is 7.32. The van der Waals surface area contributed by atoms with E-state index in [1.54, 1.807) is 5.57 Å². The first-order chi connectivity index (χ1) is 15.6. The largest absolute Gasteiger partial charge is 0.479 e. The molecule has 0 unspecified atom stereocenters. The number of hydrogen-bond donors (Lipinski definition) is 1. The molecule has 4 heteroatoms. The second-order valence-electron chi connectivity index (χ2n) is 12.8. The molecule has 0 aliphatic heterocycles. The van der Waals surface area contributed by atoms with Crippen LogP contribution in [0.1, 0.15) is 105 Å². The van der Waals surface area contributed by atoms with E-state index in [1.165, 1.54) is 57.8 Å². The lowest BCUT2D eigenvalue weighted by Gasteiger charge is -2.58. The van der Waals surface area contributed by atoms with Gasteiger partial charge in [0.2, 0.25) is 6.61 Å². The Labute approximate surface area is 201 Å². The van der Waals surface area contributed by atoms with E-state index in [-0.39, 0.29) is 12.0 Å². The quantitative estimate of drug-likeness (QED) is 0.384. The molecule has 0 aromatic carbocycles. The highest BCUT2D eigenvalue weighted by molar-refractivity contribution is 5.96.